The maximum absolute atomic E-state index is 12.5. The summed E-state index contributed by atoms with van der Waals surface area (Å²) in [6, 6.07) is 16.5. The lowest BCUT2D eigenvalue weighted by Crippen LogP contribution is -2.59. The molecule has 6 heteroatoms. The lowest BCUT2D eigenvalue weighted by Gasteiger charge is -2.46. The summed E-state index contributed by atoms with van der Waals surface area (Å²) in [6.07, 6.45) is 1.15. The minimum atomic E-state index is -0.620. The zero-order valence-corrected chi connectivity index (χ0v) is 15.5. The highest BCUT2D eigenvalue weighted by atomic mass is 35.5. The first kappa shape index (κ1) is 18.5. The first-order valence-corrected chi connectivity index (χ1v) is 8.74. The fourth-order valence-corrected chi connectivity index (χ4v) is 3.56. The van der Waals surface area contributed by atoms with E-state index >= 15 is 0 Å². The first-order valence-electron chi connectivity index (χ1n) is 7.99. The first-order chi connectivity index (χ1) is 12.5. The van der Waals surface area contributed by atoms with Crippen LogP contribution >= 0.6 is 23.2 Å². The SMILES string of the molecule is CO[C@@H]1C(=O)N(C/C(C#N)=C/c2ccccc2)[C@@H]1c1ccc(Cl)cc1Cl. The van der Waals surface area contributed by atoms with Gasteiger partial charge < -0.3 is 9.64 Å². The molecule has 0 aliphatic carbocycles. The molecule has 0 saturated carbocycles. The Hall–Kier alpha value is -2.32. The highest BCUT2D eigenvalue weighted by molar-refractivity contribution is 6.35. The number of benzene rings is 2. The molecule has 0 radical (unpaired) electrons. The summed E-state index contributed by atoms with van der Waals surface area (Å²) in [6.45, 7) is 0.188. The van der Waals surface area contributed by atoms with Crippen LogP contribution in [-0.2, 0) is 9.53 Å². The van der Waals surface area contributed by atoms with Gasteiger partial charge in [-0.2, -0.15) is 5.26 Å². The second-order valence-corrected chi connectivity index (χ2v) is 6.77. The van der Waals surface area contributed by atoms with Crippen LogP contribution in [0.4, 0.5) is 0 Å². The minimum Gasteiger partial charge on any atom is -0.369 e. The quantitative estimate of drug-likeness (QED) is 0.561. The summed E-state index contributed by atoms with van der Waals surface area (Å²) in [4.78, 5) is 14.1. The summed E-state index contributed by atoms with van der Waals surface area (Å²) in [5.74, 6) is -0.169. The Labute approximate surface area is 162 Å². The summed E-state index contributed by atoms with van der Waals surface area (Å²) >= 11 is 12.3. The van der Waals surface area contributed by atoms with E-state index in [1.165, 1.54) is 7.11 Å². The number of nitrogens with zero attached hydrogens (tertiary/aromatic N) is 2. The van der Waals surface area contributed by atoms with E-state index in [0.29, 0.717) is 15.6 Å². The molecule has 4 nitrogen and oxygen atoms in total. The summed E-state index contributed by atoms with van der Waals surface area (Å²) < 4.78 is 5.33. The lowest BCUT2D eigenvalue weighted by atomic mass is 9.89. The zero-order valence-electron chi connectivity index (χ0n) is 14.0. The van der Waals surface area contributed by atoms with Gasteiger partial charge >= 0.3 is 0 Å². The van der Waals surface area contributed by atoms with Gasteiger partial charge in [0.1, 0.15) is 0 Å². The largest absolute Gasteiger partial charge is 0.369 e. The number of hydrogen-bond donors (Lipinski definition) is 0. The molecule has 0 bridgehead atoms. The fraction of sp³-hybridized carbons (Fsp3) is 0.200. The van der Waals surface area contributed by atoms with Crippen molar-refractivity contribution in [2.75, 3.05) is 13.7 Å². The monoisotopic (exact) mass is 386 g/mol. The smallest absolute Gasteiger partial charge is 0.255 e. The van der Waals surface area contributed by atoms with Crippen molar-refractivity contribution in [3.8, 4) is 6.07 Å². The van der Waals surface area contributed by atoms with Crippen LogP contribution in [0.2, 0.25) is 10.0 Å². The van der Waals surface area contributed by atoms with E-state index in [0.717, 1.165) is 11.1 Å². The number of halogens is 2. The van der Waals surface area contributed by atoms with Crippen molar-refractivity contribution >= 4 is 35.2 Å². The molecule has 1 heterocycles. The van der Waals surface area contributed by atoms with E-state index < -0.39 is 6.10 Å². The number of methoxy groups -OCH3 is 1. The second kappa shape index (κ2) is 7.92. The predicted molar refractivity (Wildman–Crippen MR) is 102 cm³/mol. The molecule has 0 spiro atoms. The van der Waals surface area contributed by atoms with E-state index in [9.17, 15) is 10.1 Å². The van der Waals surface area contributed by atoms with Gasteiger partial charge in [-0.05, 0) is 29.3 Å². The van der Waals surface area contributed by atoms with Gasteiger partial charge in [-0.15, -0.1) is 0 Å². The van der Waals surface area contributed by atoms with Crippen LogP contribution in [-0.4, -0.2) is 30.6 Å². The second-order valence-electron chi connectivity index (χ2n) is 5.93. The van der Waals surface area contributed by atoms with Gasteiger partial charge in [0.25, 0.3) is 5.91 Å². The topological polar surface area (TPSA) is 53.3 Å². The summed E-state index contributed by atoms with van der Waals surface area (Å²) in [5, 5.41) is 10.5. The van der Waals surface area contributed by atoms with Gasteiger partial charge in [0.2, 0.25) is 0 Å². The van der Waals surface area contributed by atoms with Crippen molar-refractivity contribution in [3.63, 3.8) is 0 Å². The molecule has 1 aliphatic heterocycles. The van der Waals surface area contributed by atoms with E-state index in [1.807, 2.05) is 30.3 Å². The van der Waals surface area contributed by atoms with Gasteiger partial charge in [-0.3, -0.25) is 4.79 Å². The average molecular weight is 387 g/mol. The van der Waals surface area contributed by atoms with Crippen LogP contribution in [0, 0.1) is 11.3 Å². The Balaban J connectivity index is 1.89. The van der Waals surface area contributed by atoms with Crippen molar-refractivity contribution in [2.24, 2.45) is 0 Å². The molecule has 26 heavy (non-hydrogen) atoms. The van der Waals surface area contributed by atoms with E-state index in [2.05, 4.69) is 6.07 Å². The molecule has 2 aromatic carbocycles. The van der Waals surface area contributed by atoms with Gasteiger partial charge in [-0.25, -0.2) is 0 Å². The highest BCUT2D eigenvalue weighted by Crippen LogP contribution is 2.41. The predicted octanol–water partition coefficient (Wildman–Crippen LogP) is 4.50. The van der Waals surface area contributed by atoms with Crippen LogP contribution in [0.25, 0.3) is 6.08 Å². The van der Waals surface area contributed by atoms with Crippen LogP contribution < -0.4 is 0 Å². The molecular formula is C20H16Cl2N2O2. The minimum absolute atomic E-state index is 0.169. The third-order valence-corrected chi connectivity index (χ3v) is 4.87. The number of amides is 1. The number of β-lactam (4-membered cyclic amide) rings is 1. The van der Waals surface area contributed by atoms with Crippen LogP contribution in [0.3, 0.4) is 0 Å². The third-order valence-electron chi connectivity index (χ3n) is 4.31. The average Bonchev–Trinajstić information content (AvgIpc) is 2.64. The molecule has 1 amide bonds. The third kappa shape index (κ3) is 3.61. The molecule has 132 valence electrons. The molecule has 0 N–H and O–H groups in total. The van der Waals surface area contributed by atoms with Gasteiger partial charge in [0.15, 0.2) is 6.10 Å². The molecule has 0 aromatic heterocycles. The van der Waals surface area contributed by atoms with Crippen LogP contribution in [0.15, 0.2) is 54.1 Å². The molecule has 3 rings (SSSR count). The molecule has 1 saturated heterocycles. The number of ether oxygens (including phenoxy) is 1. The van der Waals surface area contributed by atoms with Crippen molar-refractivity contribution < 1.29 is 9.53 Å². The Bertz CT molecular complexity index is 890. The maximum Gasteiger partial charge on any atom is 0.255 e. The van der Waals surface area contributed by atoms with E-state index in [1.54, 1.807) is 29.2 Å². The van der Waals surface area contributed by atoms with Crippen LogP contribution in [0.1, 0.15) is 17.2 Å². The Morgan fingerprint density at radius 1 is 1.27 bits per heavy atom. The van der Waals surface area contributed by atoms with Gasteiger partial charge in [-0.1, -0.05) is 59.6 Å². The van der Waals surface area contributed by atoms with E-state index in [-0.39, 0.29) is 18.5 Å². The number of likely N-dealkylation sites (tertiary alicyclic amines) is 1. The van der Waals surface area contributed by atoms with Gasteiger partial charge in [0, 0.05) is 22.7 Å². The zero-order chi connectivity index (χ0) is 18.7. The number of carbonyl (C=O) groups excluding carboxylic acids is 1. The van der Waals surface area contributed by atoms with Crippen molar-refractivity contribution in [1.29, 1.82) is 5.26 Å². The Morgan fingerprint density at radius 2 is 2.00 bits per heavy atom. The standard InChI is InChI=1S/C20H16Cl2N2O2/c1-26-19-18(16-8-7-15(21)10-17(16)22)24(20(19)25)12-14(11-23)9-13-5-3-2-4-6-13/h2-10,18-19H,12H2,1H3/b14-9+/t18-,19+/m1/s1. The highest BCUT2D eigenvalue weighted by Gasteiger charge is 2.49. The Morgan fingerprint density at radius 3 is 2.62 bits per heavy atom. The molecule has 1 fully saturated rings. The van der Waals surface area contributed by atoms with Gasteiger partial charge in [0.05, 0.1) is 18.7 Å². The molecule has 2 aromatic rings. The summed E-state index contributed by atoms with van der Waals surface area (Å²) in [5.41, 5.74) is 2.13. The summed E-state index contributed by atoms with van der Waals surface area (Å²) in [7, 11) is 1.49. The van der Waals surface area contributed by atoms with Crippen LogP contribution in [0.5, 0.6) is 0 Å². The number of hydrogen-bond acceptors (Lipinski definition) is 3. The lowest BCUT2D eigenvalue weighted by molar-refractivity contribution is -0.170. The number of nitriles is 1. The van der Waals surface area contributed by atoms with Crippen molar-refractivity contribution in [3.05, 3.63) is 75.3 Å². The molecule has 1 aliphatic rings. The fourth-order valence-electron chi connectivity index (χ4n) is 3.04. The van der Waals surface area contributed by atoms with E-state index in [4.69, 9.17) is 27.9 Å². The molecule has 2 atom stereocenters. The molecular weight excluding hydrogens is 371 g/mol. The van der Waals surface area contributed by atoms with Crippen molar-refractivity contribution in [2.45, 2.75) is 12.1 Å². The maximum atomic E-state index is 12.5. The number of rotatable bonds is 5. The van der Waals surface area contributed by atoms with Crippen molar-refractivity contribution in [1.82, 2.24) is 4.90 Å². The Kier molecular flexibility index (Phi) is 5.63. The normalized spacial score (nSPS) is 19.8. The molecule has 0 unspecified atom stereocenters. The number of carbonyl (C=O) groups is 1.